The lowest BCUT2D eigenvalue weighted by molar-refractivity contribution is 0.0965. The predicted octanol–water partition coefficient (Wildman–Crippen LogP) is 1.41. The van der Waals surface area contributed by atoms with Gasteiger partial charge < -0.3 is 9.73 Å². The summed E-state index contributed by atoms with van der Waals surface area (Å²) in [5.74, 6) is -0.184. The Morgan fingerprint density at radius 3 is 2.73 bits per heavy atom. The Labute approximate surface area is 166 Å². The number of tetrazole rings is 1. The van der Waals surface area contributed by atoms with Gasteiger partial charge >= 0.3 is 6.43 Å². The van der Waals surface area contributed by atoms with E-state index in [1.54, 1.807) is 6.07 Å². The Morgan fingerprint density at radius 1 is 1.13 bits per heavy atom. The molecule has 1 amide bonds. The molecule has 0 bridgehead atoms. The third kappa shape index (κ3) is 3.15. The van der Waals surface area contributed by atoms with Crippen LogP contribution in [-0.4, -0.2) is 46.3 Å². The van der Waals surface area contributed by atoms with Crippen molar-refractivity contribution in [3.63, 3.8) is 0 Å². The highest BCUT2D eigenvalue weighted by atomic mass is 19.3. The first-order chi connectivity index (χ1) is 14.6. The van der Waals surface area contributed by atoms with E-state index in [1.165, 1.54) is 17.1 Å². The maximum atomic E-state index is 12.6. The summed E-state index contributed by atoms with van der Waals surface area (Å²) in [6.45, 7) is 0.649. The lowest BCUT2D eigenvalue weighted by Gasteiger charge is -2.05. The molecule has 0 spiro atoms. The molecule has 11 nitrogen and oxygen atoms in total. The van der Waals surface area contributed by atoms with Crippen LogP contribution in [0.2, 0.25) is 0 Å². The van der Waals surface area contributed by atoms with Crippen LogP contribution in [0.3, 0.4) is 0 Å². The van der Waals surface area contributed by atoms with Gasteiger partial charge in [-0.2, -0.15) is 8.78 Å². The average Bonchev–Trinajstić information content (AvgIpc) is 3.49. The fourth-order valence-corrected chi connectivity index (χ4v) is 2.99. The van der Waals surface area contributed by atoms with Gasteiger partial charge in [-0.15, -0.1) is 15.3 Å². The van der Waals surface area contributed by atoms with Gasteiger partial charge in [-0.05, 0) is 22.1 Å². The maximum Gasteiger partial charge on any atom is 0.314 e. The summed E-state index contributed by atoms with van der Waals surface area (Å²) in [5, 5.41) is 21.3. The molecule has 0 radical (unpaired) electrons. The number of carbonyl (C=O) groups excluding carboxylic acids is 1. The average molecular weight is 411 g/mol. The molecule has 150 valence electrons. The Morgan fingerprint density at radius 2 is 1.97 bits per heavy atom. The van der Waals surface area contributed by atoms with Crippen molar-refractivity contribution >= 4 is 5.91 Å². The first kappa shape index (κ1) is 17.9. The van der Waals surface area contributed by atoms with Crippen LogP contribution in [0.1, 0.15) is 34.1 Å². The number of fused-ring (bicyclic) bond motifs is 1. The molecule has 0 aliphatic carbocycles. The SMILES string of the molecule is O=C1NCc2ccc(-c3nnnn3Cc3ncc(-c4nnc(C(F)F)o4)cn3)cc21. The highest BCUT2D eigenvalue weighted by Crippen LogP contribution is 2.24. The number of amides is 1. The molecule has 0 saturated carbocycles. The molecule has 4 aromatic rings. The predicted molar refractivity (Wildman–Crippen MR) is 93.8 cm³/mol. The number of alkyl halides is 2. The highest BCUT2D eigenvalue weighted by Gasteiger charge is 2.21. The van der Waals surface area contributed by atoms with Crippen LogP contribution < -0.4 is 5.32 Å². The molecule has 5 rings (SSSR count). The zero-order valence-electron chi connectivity index (χ0n) is 15.0. The molecular weight excluding hydrogens is 400 g/mol. The van der Waals surface area contributed by atoms with Gasteiger partial charge in [0.05, 0.1) is 5.56 Å². The van der Waals surface area contributed by atoms with Crippen LogP contribution in [0.5, 0.6) is 0 Å². The Kier molecular flexibility index (Phi) is 4.19. The fourth-order valence-electron chi connectivity index (χ4n) is 2.99. The Balaban J connectivity index is 1.38. The van der Waals surface area contributed by atoms with Crippen molar-refractivity contribution in [1.29, 1.82) is 0 Å². The largest absolute Gasteiger partial charge is 0.415 e. The molecule has 13 heteroatoms. The zero-order chi connectivity index (χ0) is 20.7. The van der Waals surface area contributed by atoms with E-state index in [4.69, 9.17) is 4.42 Å². The maximum absolute atomic E-state index is 12.6. The van der Waals surface area contributed by atoms with Gasteiger partial charge in [0.25, 0.3) is 17.7 Å². The lowest BCUT2D eigenvalue weighted by Crippen LogP contribution is -2.12. The van der Waals surface area contributed by atoms with Crippen molar-refractivity contribution in [2.24, 2.45) is 0 Å². The standard InChI is InChI=1S/C17H11F2N9O2/c18-13(19)17-25-24-16(30-17)10-5-20-12(21-6-10)7-28-14(23-26-27-28)8-1-2-9-4-22-15(29)11(9)3-8/h1-3,5-6,13H,4,7H2,(H,22,29). The summed E-state index contributed by atoms with van der Waals surface area (Å²) in [4.78, 5) is 20.3. The molecule has 1 N–H and O–H groups in total. The van der Waals surface area contributed by atoms with Gasteiger partial charge in [0.2, 0.25) is 0 Å². The molecule has 1 aromatic carbocycles. The molecule has 30 heavy (non-hydrogen) atoms. The number of hydrogen-bond acceptors (Lipinski definition) is 9. The number of nitrogens with zero attached hydrogens (tertiary/aromatic N) is 8. The van der Waals surface area contributed by atoms with E-state index in [9.17, 15) is 13.6 Å². The van der Waals surface area contributed by atoms with Gasteiger partial charge in [0, 0.05) is 30.1 Å². The summed E-state index contributed by atoms with van der Waals surface area (Å²) < 4.78 is 31.5. The zero-order valence-corrected chi connectivity index (χ0v) is 15.0. The second kappa shape index (κ2) is 7.02. The smallest absolute Gasteiger partial charge is 0.314 e. The van der Waals surface area contributed by atoms with Gasteiger partial charge in [-0.25, -0.2) is 14.6 Å². The van der Waals surface area contributed by atoms with E-state index in [2.05, 4.69) is 41.0 Å². The van der Waals surface area contributed by atoms with Crippen molar-refractivity contribution in [1.82, 2.24) is 45.7 Å². The normalized spacial score (nSPS) is 13.0. The fraction of sp³-hybridized carbons (Fsp3) is 0.176. The summed E-state index contributed by atoms with van der Waals surface area (Å²) in [6, 6.07) is 5.42. The van der Waals surface area contributed by atoms with Crippen LogP contribution in [0, 0.1) is 0 Å². The summed E-state index contributed by atoms with van der Waals surface area (Å²) in [5.41, 5.74) is 2.49. The Bertz CT molecular complexity index is 1240. The van der Waals surface area contributed by atoms with Gasteiger partial charge in [0.15, 0.2) is 5.82 Å². The van der Waals surface area contributed by atoms with Crippen LogP contribution in [0.4, 0.5) is 8.78 Å². The van der Waals surface area contributed by atoms with Crippen molar-refractivity contribution < 1.29 is 18.0 Å². The number of hydrogen-bond donors (Lipinski definition) is 1. The van der Waals surface area contributed by atoms with Crippen LogP contribution >= 0.6 is 0 Å². The van der Waals surface area contributed by atoms with Crippen LogP contribution in [0.15, 0.2) is 35.0 Å². The number of aromatic nitrogens is 8. The third-order valence-electron chi connectivity index (χ3n) is 4.45. The lowest BCUT2D eigenvalue weighted by atomic mass is 10.1. The van der Waals surface area contributed by atoms with E-state index in [0.29, 0.717) is 34.9 Å². The quantitative estimate of drug-likeness (QED) is 0.516. The van der Waals surface area contributed by atoms with Crippen LogP contribution in [-0.2, 0) is 13.1 Å². The highest BCUT2D eigenvalue weighted by molar-refractivity contribution is 5.99. The number of rotatable bonds is 5. The molecule has 3 aromatic heterocycles. The van der Waals surface area contributed by atoms with Crippen LogP contribution in [0.25, 0.3) is 22.8 Å². The first-order valence-electron chi connectivity index (χ1n) is 8.69. The molecule has 1 aliphatic rings. The van der Waals surface area contributed by atoms with Crippen molar-refractivity contribution in [2.75, 3.05) is 0 Å². The molecular formula is C17H11F2N9O2. The number of halogens is 2. The molecule has 0 saturated heterocycles. The van der Waals surface area contributed by atoms with Crippen molar-refractivity contribution in [2.45, 2.75) is 19.5 Å². The molecule has 4 heterocycles. The minimum absolute atomic E-state index is 0.101. The first-order valence-corrected chi connectivity index (χ1v) is 8.69. The monoisotopic (exact) mass is 411 g/mol. The number of carbonyl (C=O) groups is 1. The summed E-state index contributed by atoms with van der Waals surface area (Å²) >= 11 is 0. The molecule has 1 aliphatic heterocycles. The van der Waals surface area contributed by atoms with E-state index in [1.807, 2.05) is 12.1 Å². The van der Waals surface area contributed by atoms with Gasteiger partial charge in [0.1, 0.15) is 12.4 Å². The summed E-state index contributed by atoms with van der Waals surface area (Å²) in [6.07, 6.45) is -0.0843. The second-order valence-corrected chi connectivity index (χ2v) is 6.35. The molecule has 0 fully saturated rings. The minimum Gasteiger partial charge on any atom is -0.415 e. The van der Waals surface area contributed by atoms with Gasteiger partial charge in [-0.3, -0.25) is 4.79 Å². The van der Waals surface area contributed by atoms with Gasteiger partial charge in [-0.1, -0.05) is 12.1 Å². The third-order valence-corrected chi connectivity index (χ3v) is 4.45. The molecule has 0 unspecified atom stereocenters. The van der Waals surface area contributed by atoms with E-state index < -0.39 is 12.3 Å². The van der Waals surface area contributed by atoms with Crippen molar-refractivity contribution in [3.8, 4) is 22.8 Å². The van der Waals surface area contributed by atoms with E-state index in [-0.39, 0.29) is 18.3 Å². The number of nitrogens with one attached hydrogen (secondary N) is 1. The van der Waals surface area contributed by atoms with E-state index >= 15 is 0 Å². The van der Waals surface area contributed by atoms with E-state index in [0.717, 1.165) is 5.56 Å². The Hall–Kier alpha value is -4.16. The second-order valence-electron chi connectivity index (χ2n) is 6.35. The molecule has 0 atom stereocenters. The number of benzene rings is 1. The minimum atomic E-state index is -2.85. The van der Waals surface area contributed by atoms with Crippen molar-refractivity contribution in [3.05, 3.63) is 53.4 Å². The topological polar surface area (TPSA) is 137 Å². The summed E-state index contributed by atoms with van der Waals surface area (Å²) in [7, 11) is 0.